The lowest BCUT2D eigenvalue weighted by atomic mass is 10.1. The number of likely N-dealkylation sites (N-methyl/N-ethyl adjacent to an activating group) is 1. The number of carbonyl (C=O) groups excluding carboxylic acids is 1. The minimum absolute atomic E-state index is 0.0742. The third-order valence-electron chi connectivity index (χ3n) is 6.62. The van der Waals surface area contributed by atoms with Crippen molar-refractivity contribution in [2.24, 2.45) is 0 Å². The lowest BCUT2D eigenvalue weighted by molar-refractivity contribution is -0.194. The lowest BCUT2D eigenvalue weighted by Crippen LogP contribution is -2.50. The average Bonchev–Trinajstić information content (AvgIpc) is 3.32. The van der Waals surface area contributed by atoms with E-state index in [2.05, 4.69) is 33.1 Å². The number of piperazine rings is 2. The number of methoxy groups -OCH3 is 1. The molecule has 33 heavy (non-hydrogen) atoms. The molecule has 0 aliphatic carbocycles. The molecule has 0 bridgehead atoms. The number of anilines is 3. The van der Waals surface area contributed by atoms with Crippen LogP contribution in [0, 0.1) is 0 Å². The van der Waals surface area contributed by atoms with Crippen LogP contribution in [0.3, 0.4) is 0 Å². The van der Waals surface area contributed by atoms with E-state index in [-0.39, 0.29) is 6.03 Å². The summed E-state index contributed by atoms with van der Waals surface area (Å²) in [5.74, 6) is 1.61. The van der Waals surface area contributed by atoms with Crippen molar-refractivity contribution in [3.8, 4) is 11.5 Å². The Balaban J connectivity index is 1.20. The molecule has 0 unspecified atom stereocenters. The predicted octanol–water partition coefficient (Wildman–Crippen LogP) is 2.63. The van der Waals surface area contributed by atoms with Gasteiger partial charge in [0.2, 0.25) is 0 Å². The molecule has 9 heteroatoms. The normalized spacial score (nSPS) is 18.7. The van der Waals surface area contributed by atoms with Crippen molar-refractivity contribution in [1.29, 1.82) is 0 Å². The van der Waals surface area contributed by atoms with Crippen LogP contribution in [-0.4, -0.2) is 82.3 Å². The van der Waals surface area contributed by atoms with Crippen LogP contribution < -0.4 is 24.7 Å². The number of carbonyl (C=O) groups is 1. The number of rotatable bonds is 4. The van der Waals surface area contributed by atoms with Gasteiger partial charge in [-0.1, -0.05) is 6.07 Å². The Morgan fingerprint density at radius 1 is 0.939 bits per heavy atom. The van der Waals surface area contributed by atoms with Crippen LogP contribution in [0.1, 0.15) is 5.56 Å². The van der Waals surface area contributed by atoms with Gasteiger partial charge in [0.05, 0.1) is 12.8 Å². The summed E-state index contributed by atoms with van der Waals surface area (Å²) in [6.45, 7) is 7.22. The number of amides is 2. The molecule has 5 rings (SSSR count). The van der Waals surface area contributed by atoms with Gasteiger partial charge in [0.1, 0.15) is 12.4 Å². The number of nitrogens with one attached hydrogen (secondary N) is 1. The first kappa shape index (κ1) is 21.7. The molecule has 2 fully saturated rings. The fourth-order valence-corrected chi connectivity index (χ4v) is 4.53. The number of urea groups is 1. The number of hydrogen-bond acceptors (Lipinski definition) is 7. The summed E-state index contributed by atoms with van der Waals surface area (Å²) >= 11 is 0. The van der Waals surface area contributed by atoms with Crippen molar-refractivity contribution in [3.63, 3.8) is 0 Å². The molecular weight excluding hydrogens is 422 g/mol. The summed E-state index contributed by atoms with van der Waals surface area (Å²) in [7, 11) is 3.82. The first-order valence-corrected chi connectivity index (χ1v) is 11.5. The first-order valence-electron chi connectivity index (χ1n) is 11.5. The summed E-state index contributed by atoms with van der Waals surface area (Å²) in [6.07, 6.45) is 0. The highest BCUT2D eigenvalue weighted by atomic mass is 17.2. The van der Waals surface area contributed by atoms with Crippen LogP contribution in [-0.2, 0) is 11.5 Å². The Bertz CT molecular complexity index is 1000. The second-order valence-electron chi connectivity index (χ2n) is 8.72. The molecule has 2 saturated heterocycles. The molecule has 2 aromatic carbocycles. The SMILES string of the molecule is COc1ccc(NC(=O)N2CCN(c3ccc4c(c3)OOC4)CC2)cc1N1CCN(C)CC1. The van der Waals surface area contributed by atoms with Gasteiger partial charge in [0.25, 0.3) is 0 Å². The van der Waals surface area contributed by atoms with E-state index >= 15 is 0 Å². The molecule has 9 nitrogen and oxygen atoms in total. The Morgan fingerprint density at radius 3 is 2.45 bits per heavy atom. The molecule has 3 aliphatic rings. The van der Waals surface area contributed by atoms with Crippen LogP contribution in [0.5, 0.6) is 11.5 Å². The summed E-state index contributed by atoms with van der Waals surface area (Å²) in [5, 5.41) is 3.08. The Kier molecular flexibility index (Phi) is 6.15. The summed E-state index contributed by atoms with van der Waals surface area (Å²) in [4.78, 5) is 32.0. The number of benzene rings is 2. The van der Waals surface area contributed by atoms with E-state index in [1.807, 2.05) is 35.2 Å². The van der Waals surface area contributed by atoms with Crippen molar-refractivity contribution in [2.45, 2.75) is 6.61 Å². The van der Waals surface area contributed by atoms with E-state index in [4.69, 9.17) is 14.5 Å². The highest BCUT2D eigenvalue weighted by molar-refractivity contribution is 5.90. The minimum atomic E-state index is -0.0742. The van der Waals surface area contributed by atoms with Gasteiger partial charge in [-0.2, -0.15) is 4.89 Å². The van der Waals surface area contributed by atoms with Gasteiger partial charge in [-0.15, -0.1) is 0 Å². The summed E-state index contributed by atoms with van der Waals surface area (Å²) < 4.78 is 5.58. The standard InChI is InChI=1S/C24H31N5O4/c1-26-7-9-28(10-8-26)21-15-19(4-6-22(21)31-2)25-24(30)29-13-11-27(12-14-29)20-5-3-18-17-32-33-23(18)16-20/h3-6,15-16H,7-14,17H2,1-2H3,(H,25,30). The van der Waals surface area contributed by atoms with Gasteiger partial charge < -0.3 is 34.5 Å². The molecule has 2 aromatic rings. The van der Waals surface area contributed by atoms with Gasteiger partial charge >= 0.3 is 6.03 Å². The molecule has 0 aromatic heterocycles. The third-order valence-corrected chi connectivity index (χ3v) is 6.62. The van der Waals surface area contributed by atoms with E-state index in [1.165, 1.54) is 0 Å². The van der Waals surface area contributed by atoms with Crippen LogP contribution in [0.2, 0.25) is 0 Å². The molecule has 2 amide bonds. The van der Waals surface area contributed by atoms with Gasteiger partial charge in [0, 0.05) is 75.4 Å². The fraction of sp³-hybridized carbons (Fsp3) is 0.458. The number of fused-ring (bicyclic) bond motifs is 1. The minimum Gasteiger partial charge on any atom is -0.495 e. The van der Waals surface area contributed by atoms with Gasteiger partial charge in [-0.25, -0.2) is 4.79 Å². The van der Waals surface area contributed by atoms with Crippen molar-refractivity contribution in [2.75, 3.05) is 81.6 Å². The maximum absolute atomic E-state index is 13.0. The Morgan fingerprint density at radius 2 is 1.70 bits per heavy atom. The predicted molar refractivity (Wildman–Crippen MR) is 127 cm³/mol. The van der Waals surface area contributed by atoms with Crippen molar-refractivity contribution >= 4 is 23.1 Å². The monoisotopic (exact) mass is 453 g/mol. The van der Waals surface area contributed by atoms with E-state index in [1.54, 1.807) is 7.11 Å². The second kappa shape index (κ2) is 9.36. The van der Waals surface area contributed by atoms with E-state index in [0.29, 0.717) is 19.7 Å². The summed E-state index contributed by atoms with van der Waals surface area (Å²) in [5.41, 5.74) is 3.96. The lowest BCUT2D eigenvalue weighted by Gasteiger charge is -2.36. The molecule has 1 N–H and O–H groups in total. The highest BCUT2D eigenvalue weighted by Gasteiger charge is 2.24. The van der Waals surface area contributed by atoms with E-state index in [0.717, 1.165) is 73.4 Å². The maximum Gasteiger partial charge on any atom is 0.321 e. The zero-order chi connectivity index (χ0) is 22.8. The molecule has 0 radical (unpaired) electrons. The molecule has 0 spiro atoms. The van der Waals surface area contributed by atoms with E-state index in [9.17, 15) is 4.79 Å². The van der Waals surface area contributed by atoms with Crippen LogP contribution >= 0.6 is 0 Å². The average molecular weight is 454 g/mol. The number of ether oxygens (including phenoxy) is 1. The highest BCUT2D eigenvalue weighted by Crippen LogP contribution is 2.33. The topological polar surface area (TPSA) is 69.8 Å². The maximum atomic E-state index is 13.0. The summed E-state index contributed by atoms with van der Waals surface area (Å²) in [6, 6.07) is 11.9. The molecule has 0 atom stereocenters. The second-order valence-corrected chi connectivity index (χ2v) is 8.72. The van der Waals surface area contributed by atoms with Gasteiger partial charge in [0.15, 0.2) is 5.75 Å². The zero-order valence-electron chi connectivity index (χ0n) is 19.2. The number of hydrogen-bond donors (Lipinski definition) is 1. The third kappa shape index (κ3) is 4.65. The van der Waals surface area contributed by atoms with Crippen LogP contribution in [0.4, 0.5) is 21.9 Å². The Labute approximate surface area is 194 Å². The first-order chi connectivity index (χ1) is 16.1. The molecule has 3 heterocycles. The van der Waals surface area contributed by atoms with E-state index < -0.39 is 0 Å². The molecule has 0 saturated carbocycles. The molecule has 3 aliphatic heterocycles. The van der Waals surface area contributed by atoms with Crippen molar-refractivity contribution in [3.05, 3.63) is 42.0 Å². The quantitative estimate of drug-likeness (QED) is 0.714. The van der Waals surface area contributed by atoms with Gasteiger partial charge in [-0.05, 0) is 31.3 Å². The fourth-order valence-electron chi connectivity index (χ4n) is 4.53. The molecular formula is C24H31N5O4. The smallest absolute Gasteiger partial charge is 0.321 e. The van der Waals surface area contributed by atoms with Crippen LogP contribution in [0.15, 0.2) is 36.4 Å². The Hall–Kier alpha value is -3.17. The van der Waals surface area contributed by atoms with Gasteiger partial charge in [-0.3, -0.25) is 0 Å². The number of nitrogens with zero attached hydrogens (tertiary/aromatic N) is 4. The van der Waals surface area contributed by atoms with Crippen LogP contribution in [0.25, 0.3) is 0 Å². The zero-order valence-corrected chi connectivity index (χ0v) is 19.2. The largest absolute Gasteiger partial charge is 0.495 e. The molecule has 176 valence electrons. The van der Waals surface area contributed by atoms with Crippen molar-refractivity contribution in [1.82, 2.24) is 9.80 Å². The van der Waals surface area contributed by atoms with Crippen molar-refractivity contribution < 1.29 is 19.3 Å².